The molecule has 0 saturated heterocycles. The van der Waals surface area contributed by atoms with E-state index in [1.807, 2.05) is 11.1 Å². The van der Waals surface area contributed by atoms with E-state index in [2.05, 4.69) is 42.7 Å². The molecule has 1 heterocycles. The number of fused-ring (bicyclic) bond motifs is 1. The van der Waals surface area contributed by atoms with E-state index in [0.29, 0.717) is 0 Å². The second kappa shape index (κ2) is 3.11. The molecule has 0 saturated carbocycles. The first-order valence-corrected chi connectivity index (χ1v) is 4.32. The van der Waals surface area contributed by atoms with Crippen molar-refractivity contribution in [1.82, 2.24) is 5.53 Å². The number of aryl methyl sites for hydroxylation is 1. The molecule has 0 atom stereocenters. The third-order valence-corrected chi connectivity index (χ3v) is 2.08. The zero-order valence-corrected chi connectivity index (χ0v) is 7.67. The van der Waals surface area contributed by atoms with Crippen LogP contribution < -0.4 is 16.0 Å². The minimum atomic E-state index is 0.795. The Morgan fingerprint density at radius 3 is 3.15 bits per heavy atom. The SMILES string of the molecule is C=CCN1NNc2ccc(C)cc21. The molecule has 68 valence electrons. The highest BCUT2D eigenvalue weighted by Gasteiger charge is 2.16. The summed E-state index contributed by atoms with van der Waals surface area (Å²) in [5.41, 5.74) is 9.71. The number of hydrogen-bond acceptors (Lipinski definition) is 3. The van der Waals surface area contributed by atoms with Crippen LogP contribution in [0.3, 0.4) is 0 Å². The number of rotatable bonds is 2. The van der Waals surface area contributed by atoms with Gasteiger partial charge in [-0.05, 0) is 24.6 Å². The number of nitrogens with one attached hydrogen (secondary N) is 2. The summed E-state index contributed by atoms with van der Waals surface area (Å²) in [6.07, 6.45) is 1.87. The lowest BCUT2D eigenvalue weighted by Crippen LogP contribution is -2.35. The normalized spacial score (nSPS) is 13.8. The van der Waals surface area contributed by atoms with Crippen LogP contribution in [0.5, 0.6) is 0 Å². The summed E-state index contributed by atoms with van der Waals surface area (Å²) in [5, 5.41) is 2.02. The topological polar surface area (TPSA) is 27.3 Å². The maximum Gasteiger partial charge on any atom is 0.0789 e. The number of anilines is 2. The minimum absolute atomic E-state index is 0.795. The van der Waals surface area contributed by atoms with Crippen LogP contribution in [0.25, 0.3) is 0 Å². The maximum absolute atomic E-state index is 3.71. The fraction of sp³-hybridized carbons (Fsp3) is 0.200. The van der Waals surface area contributed by atoms with Crippen LogP contribution in [0.2, 0.25) is 0 Å². The Morgan fingerprint density at radius 2 is 2.38 bits per heavy atom. The molecule has 2 N–H and O–H groups in total. The number of hydrogen-bond donors (Lipinski definition) is 2. The molecule has 0 aromatic heterocycles. The van der Waals surface area contributed by atoms with Gasteiger partial charge in [0.2, 0.25) is 0 Å². The highest BCUT2D eigenvalue weighted by molar-refractivity contribution is 5.73. The molecule has 1 aliphatic rings. The summed E-state index contributed by atoms with van der Waals surface area (Å²) in [4.78, 5) is 0. The Labute approximate surface area is 78.0 Å². The highest BCUT2D eigenvalue weighted by atomic mass is 15.7. The zero-order chi connectivity index (χ0) is 9.26. The largest absolute Gasteiger partial charge is 0.302 e. The van der Waals surface area contributed by atoms with Crippen molar-refractivity contribution in [2.45, 2.75) is 6.92 Å². The smallest absolute Gasteiger partial charge is 0.0789 e. The Morgan fingerprint density at radius 1 is 1.54 bits per heavy atom. The molecule has 1 aliphatic heterocycles. The van der Waals surface area contributed by atoms with E-state index < -0.39 is 0 Å². The van der Waals surface area contributed by atoms with Crippen molar-refractivity contribution in [3.63, 3.8) is 0 Å². The summed E-state index contributed by atoms with van der Waals surface area (Å²) < 4.78 is 0. The van der Waals surface area contributed by atoms with Crippen molar-refractivity contribution < 1.29 is 0 Å². The van der Waals surface area contributed by atoms with E-state index in [1.54, 1.807) is 0 Å². The first kappa shape index (κ1) is 8.13. The Kier molecular flexibility index (Phi) is 1.94. The summed E-state index contributed by atoms with van der Waals surface area (Å²) in [7, 11) is 0. The van der Waals surface area contributed by atoms with Gasteiger partial charge < -0.3 is 5.43 Å². The van der Waals surface area contributed by atoms with Gasteiger partial charge in [0.05, 0.1) is 17.9 Å². The molecule has 1 aromatic rings. The Bertz CT molecular complexity index is 333. The van der Waals surface area contributed by atoms with Gasteiger partial charge in [-0.3, -0.25) is 5.01 Å². The molecule has 0 bridgehead atoms. The van der Waals surface area contributed by atoms with Gasteiger partial charge in [0.1, 0.15) is 0 Å². The molecular weight excluding hydrogens is 162 g/mol. The van der Waals surface area contributed by atoms with E-state index in [1.165, 1.54) is 11.3 Å². The Hall–Kier alpha value is -1.48. The third kappa shape index (κ3) is 1.38. The van der Waals surface area contributed by atoms with Crippen molar-refractivity contribution in [3.05, 3.63) is 36.4 Å². The van der Waals surface area contributed by atoms with E-state index >= 15 is 0 Å². The molecule has 3 heteroatoms. The van der Waals surface area contributed by atoms with Gasteiger partial charge in [0.25, 0.3) is 0 Å². The first-order valence-electron chi connectivity index (χ1n) is 4.32. The molecule has 0 unspecified atom stereocenters. The summed E-state index contributed by atoms with van der Waals surface area (Å²) in [6.45, 7) is 6.59. The molecular formula is C10H13N3. The highest BCUT2D eigenvalue weighted by Crippen LogP contribution is 2.29. The fourth-order valence-corrected chi connectivity index (χ4v) is 1.43. The zero-order valence-electron chi connectivity index (χ0n) is 7.67. The summed E-state index contributed by atoms with van der Waals surface area (Å²) >= 11 is 0. The van der Waals surface area contributed by atoms with Crippen LogP contribution in [0.1, 0.15) is 5.56 Å². The van der Waals surface area contributed by atoms with Crippen LogP contribution in [0, 0.1) is 6.92 Å². The van der Waals surface area contributed by atoms with Crippen molar-refractivity contribution in [2.75, 3.05) is 17.0 Å². The standard InChI is InChI=1S/C10H13N3/c1-3-6-13-10-7-8(2)4-5-9(10)11-12-13/h3-5,7,11-12H,1,6H2,2H3. The second-order valence-corrected chi connectivity index (χ2v) is 3.16. The quantitative estimate of drug-likeness (QED) is 0.671. The van der Waals surface area contributed by atoms with Gasteiger partial charge in [-0.15, -0.1) is 12.1 Å². The average molecular weight is 175 g/mol. The lowest BCUT2D eigenvalue weighted by atomic mass is 10.2. The molecule has 0 radical (unpaired) electrons. The van der Waals surface area contributed by atoms with Gasteiger partial charge in [0, 0.05) is 0 Å². The predicted octanol–water partition coefficient (Wildman–Crippen LogP) is 1.83. The number of benzene rings is 1. The van der Waals surface area contributed by atoms with E-state index in [4.69, 9.17) is 0 Å². The lowest BCUT2D eigenvalue weighted by molar-refractivity contribution is 0.778. The summed E-state index contributed by atoms with van der Waals surface area (Å²) in [5.74, 6) is 0. The van der Waals surface area contributed by atoms with Crippen molar-refractivity contribution in [3.8, 4) is 0 Å². The Balaban J connectivity index is 2.34. The van der Waals surface area contributed by atoms with Crippen LogP contribution >= 0.6 is 0 Å². The minimum Gasteiger partial charge on any atom is -0.302 e. The van der Waals surface area contributed by atoms with Gasteiger partial charge in [-0.2, -0.15) is 0 Å². The predicted molar refractivity (Wildman–Crippen MR) is 55.5 cm³/mol. The third-order valence-electron chi connectivity index (χ3n) is 2.08. The van der Waals surface area contributed by atoms with Crippen LogP contribution in [0.4, 0.5) is 11.4 Å². The van der Waals surface area contributed by atoms with Crippen molar-refractivity contribution in [2.24, 2.45) is 0 Å². The number of hydrazine groups is 2. The van der Waals surface area contributed by atoms with E-state index in [0.717, 1.165) is 12.2 Å². The molecule has 0 amide bonds. The molecule has 0 aliphatic carbocycles. The number of nitrogens with zero attached hydrogens (tertiary/aromatic N) is 1. The van der Waals surface area contributed by atoms with Gasteiger partial charge in [-0.25, -0.2) is 0 Å². The molecule has 0 fully saturated rings. The van der Waals surface area contributed by atoms with Gasteiger partial charge in [0.15, 0.2) is 0 Å². The maximum atomic E-state index is 3.71. The van der Waals surface area contributed by atoms with E-state index in [9.17, 15) is 0 Å². The van der Waals surface area contributed by atoms with Crippen LogP contribution in [-0.4, -0.2) is 6.54 Å². The van der Waals surface area contributed by atoms with Crippen molar-refractivity contribution in [1.29, 1.82) is 0 Å². The molecule has 3 nitrogen and oxygen atoms in total. The monoisotopic (exact) mass is 175 g/mol. The molecule has 0 spiro atoms. The fourth-order valence-electron chi connectivity index (χ4n) is 1.43. The average Bonchev–Trinajstić information content (AvgIpc) is 2.49. The van der Waals surface area contributed by atoms with Gasteiger partial charge >= 0.3 is 0 Å². The summed E-state index contributed by atoms with van der Waals surface area (Å²) in [6, 6.07) is 6.30. The van der Waals surface area contributed by atoms with Crippen molar-refractivity contribution >= 4 is 11.4 Å². The van der Waals surface area contributed by atoms with Crippen LogP contribution in [0.15, 0.2) is 30.9 Å². The van der Waals surface area contributed by atoms with E-state index in [-0.39, 0.29) is 0 Å². The lowest BCUT2D eigenvalue weighted by Gasteiger charge is -2.15. The second-order valence-electron chi connectivity index (χ2n) is 3.16. The van der Waals surface area contributed by atoms with Crippen LogP contribution in [-0.2, 0) is 0 Å². The van der Waals surface area contributed by atoms with Gasteiger partial charge in [-0.1, -0.05) is 12.1 Å². The molecule has 13 heavy (non-hydrogen) atoms. The molecule has 1 aromatic carbocycles. The molecule has 2 rings (SSSR count). The first-order chi connectivity index (χ1) is 6.31.